The van der Waals surface area contributed by atoms with E-state index in [9.17, 15) is 0 Å². The maximum atomic E-state index is 6.31. The molecule has 0 saturated carbocycles. The molecule has 2 rings (SSSR count). The second kappa shape index (κ2) is 5.12. The van der Waals surface area contributed by atoms with Gasteiger partial charge in [0.1, 0.15) is 0 Å². The fourth-order valence-electron chi connectivity index (χ4n) is 2.00. The Morgan fingerprint density at radius 2 is 2.17 bits per heavy atom. The summed E-state index contributed by atoms with van der Waals surface area (Å²) in [6.07, 6.45) is 5.20. The van der Waals surface area contributed by atoms with Gasteiger partial charge in [0.2, 0.25) is 0 Å². The highest BCUT2D eigenvalue weighted by Gasteiger charge is 2.17. The van der Waals surface area contributed by atoms with Crippen LogP contribution in [0.1, 0.15) is 29.9 Å². The summed E-state index contributed by atoms with van der Waals surface area (Å²) < 4.78 is 3.56. The summed E-state index contributed by atoms with van der Waals surface area (Å²) in [6.45, 7) is 2.04. The van der Waals surface area contributed by atoms with Crippen LogP contribution in [0.25, 0.3) is 0 Å². The maximum Gasteiger partial charge on any atom is 0.0850 e. The van der Waals surface area contributed by atoms with Crippen LogP contribution in [0.2, 0.25) is 5.02 Å². The van der Waals surface area contributed by atoms with Crippen LogP contribution in [0.4, 0.5) is 0 Å². The number of hydrogen-bond donors (Lipinski definition) is 1. The topological polar surface area (TPSA) is 61.7 Å². The van der Waals surface area contributed by atoms with Crippen LogP contribution >= 0.6 is 11.6 Å². The number of nitrogens with two attached hydrogens (primary N) is 1. The smallest absolute Gasteiger partial charge is 0.0850 e. The molecule has 0 radical (unpaired) electrons. The van der Waals surface area contributed by atoms with Crippen molar-refractivity contribution in [3.63, 3.8) is 0 Å². The van der Waals surface area contributed by atoms with Crippen molar-refractivity contribution < 1.29 is 0 Å². The van der Waals surface area contributed by atoms with Gasteiger partial charge in [-0.3, -0.25) is 9.36 Å². The lowest BCUT2D eigenvalue weighted by atomic mass is 10.1. The molecule has 2 aromatic heterocycles. The Hall–Kier alpha value is -1.33. The molecule has 1 atom stereocenters. The Labute approximate surface area is 112 Å². The highest BCUT2D eigenvalue weighted by molar-refractivity contribution is 6.31. The Kier molecular flexibility index (Phi) is 3.73. The molecular weight excluding hydrogens is 250 g/mol. The van der Waals surface area contributed by atoms with Crippen molar-refractivity contribution in [2.24, 2.45) is 19.8 Å². The van der Waals surface area contributed by atoms with Crippen molar-refractivity contribution in [1.29, 1.82) is 0 Å². The van der Waals surface area contributed by atoms with E-state index in [1.807, 2.05) is 31.9 Å². The zero-order chi connectivity index (χ0) is 13.3. The van der Waals surface area contributed by atoms with E-state index in [0.717, 1.165) is 28.4 Å². The van der Waals surface area contributed by atoms with Gasteiger partial charge in [-0.1, -0.05) is 18.5 Å². The SMILES string of the molecule is CCc1nn(C)c(CC(N)c2cnn(C)c2)c1Cl. The van der Waals surface area contributed by atoms with Crippen LogP contribution in [0.3, 0.4) is 0 Å². The van der Waals surface area contributed by atoms with Gasteiger partial charge in [0.15, 0.2) is 0 Å². The number of aromatic nitrogens is 4. The molecule has 0 spiro atoms. The lowest BCUT2D eigenvalue weighted by Crippen LogP contribution is -2.15. The highest BCUT2D eigenvalue weighted by Crippen LogP contribution is 2.25. The van der Waals surface area contributed by atoms with Gasteiger partial charge < -0.3 is 5.73 Å². The molecule has 6 heteroatoms. The molecule has 0 aliphatic heterocycles. The number of hydrogen-bond acceptors (Lipinski definition) is 3. The van der Waals surface area contributed by atoms with Crippen molar-refractivity contribution in [3.05, 3.63) is 34.4 Å². The van der Waals surface area contributed by atoms with Crippen LogP contribution in [0.5, 0.6) is 0 Å². The van der Waals surface area contributed by atoms with E-state index < -0.39 is 0 Å². The van der Waals surface area contributed by atoms with Gasteiger partial charge in [0, 0.05) is 38.3 Å². The van der Waals surface area contributed by atoms with E-state index in [-0.39, 0.29) is 6.04 Å². The summed E-state index contributed by atoms with van der Waals surface area (Å²) in [7, 11) is 3.78. The Morgan fingerprint density at radius 1 is 1.44 bits per heavy atom. The summed E-state index contributed by atoms with van der Waals surface area (Å²) in [5.74, 6) is 0. The third-order valence-electron chi connectivity index (χ3n) is 3.07. The van der Waals surface area contributed by atoms with Gasteiger partial charge in [-0.2, -0.15) is 10.2 Å². The molecule has 0 aromatic carbocycles. The van der Waals surface area contributed by atoms with Gasteiger partial charge in [0.05, 0.1) is 22.6 Å². The zero-order valence-electron chi connectivity index (χ0n) is 10.9. The first-order valence-corrected chi connectivity index (χ1v) is 6.35. The average molecular weight is 268 g/mol. The first-order valence-electron chi connectivity index (χ1n) is 5.97. The zero-order valence-corrected chi connectivity index (χ0v) is 11.6. The second-order valence-corrected chi connectivity index (χ2v) is 4.82. The van der Waals surface area contributed by atoms with Gasteiger partial charge in [-0.15, -0.1) is 0 Å². The minimum Gasteiger partial charge on any atom is -0.324 e. The summed E-state index contributed by atoms with van der Waals surface area (Å²) in [5.41, 5.74) is 9.08. The molecule has 98 valence electrons. The maximum absolute atomic E-state index is 6.31. The van der Waals surface area contributed by atoms with E-state index in [1.165, 1.54) is 0 Å². The Bertz CT molecular complexity index is 543. The third kappa shape index (κ3) is 2.42. The first-order chi connectivity index (χ1) is 8.52. The molecule has 0 saturated heterocycles. The minimum atomic E-state index is -0.115. The lowest BCUT2D eigenvalue weighted by molar-refractivity contribution is 0.637. The van der Waals surface area contributed by atoms with Gasteiger partial charge in [0.25, 0.3) is 0 Å². The normalized spacial score (nSPS) is 12.9. The van der Waals surface area contributed by atoms with E-state index in [1.54, 1.807) is 10.9 Å². The molecule has 5 nitrogen and oxygen atoms in total. The minimum absolute atomic E-state index is 0.115. The fourth-order valence-corrected chi connectivity index (χ4v) is 2.37. The van der Waals surface area contributed by atoms with Crippen LogP contribution in [-0.4, -0.2) is 19.6 Å². The highest BCUT2D eigenvalue weighted by atomic mass is 35.5. The van der Waals surface area contributed by atoms with E-state index in [2.05, 4.69) is 10.2 Å². The molecule has 0 bridgehead atoms. The largest absolute Gasteiger partial charge is 0.324 e. The predicted octanol–water partition coefficient (Wildman–Crippen LogP) is 1.61. The second-order valence-electron chi connectivity index (χ2n) is 4.44. The number of aryl methyl sites for hydroxylation is 3. The standard InChI is InChI=1S/C12H18ClN5/c1-4-10-12(13)11(18(3)16-10)5-9(14)8-6-15-17(2)7-8/h6-7,9H,4-5,14H2,1-3H3. The van der Waals surface area contributed by atoms with Crippen LogP contribution < -0.4 is 5.73 Å². The third-order valence-corrected chi connectivity index (χ3v) is 3.51. The molecule has 0 aliphatic carbocycles. The van der Waals surface area contributed by atoms with Crippen LogP contribution in [-0.2, 0) is 26.9 Å². The fraction of sp³-hybridized carbons (Fsp3) is 0.500. The Morgan fingerprint density at radius 3 is 2.67 bits per heavy atom. The van der Waals surface area contributed by atoms with Crippen molar-refractivity contribution in [2.75, 3.05) is 0 Å². The molecule has 1 unspecified atom stereocenters. The molecule has 0 aliphatic rings. The number of halogens is 1. The van der Waals surface area contributed by atoms with Crippen LogP contribution in [0.15, 0.2) is 12.4 Å². The summed E-state index contributed by atoms with van der Waals surface area (Å²) >= 11 is 6.31. The monoisotopic (exact) mass is 267 g/mol. The Balaban J connectivity index is 2.21. The van der Waals surface area contributed by atoms with E-state index in [0.29, 0.717) is 6.42 Å². The van der Waals surface area contributed by atoms with Gasteiger partial charge >= 0.3 is 0 Å². The molecule has 0 fully saturated rings. The van der Waals surface area contributed by atoms with Crippen molar-refractivity contribution in [2.45, 2.75) is 25.8 Å². The van der Waals surface area contributed by atoms with E-state index >= 15 is 0 Å². The van der Waals surface area contributed by atoms with Crippen molar-refractivity contribution in [3.8, 4) is 0 Å². The quantitative estimate of drug-likeness (QED) is 0.916. The number of rotatable bonds is 4. The number of nitrogens with zero attached hydrogens (tertiary/aromatic N) is 4. The predicted molar refractivity (Wildman–Crippen MR) is 71.4 cm³/mol. The van der Waals surface area contributed by atoms with Crippen LogP contribution in [0, 0.1) is 0 Å². The summed E-state index contributed by atoms with van der Waals surface area (Å²) in [4.78, 5) is 0. The van der Waals surface area contributed by atoms with Crippen molar-refractivity contribution in [1.82, 2.24) is 19.6 Å². The molecule has 2 aromatic rings. The first kappa shape index (κ1) is 13.1. The van der Waals surface area contributed by atoms with Crippen molar-refractivity contribution >= 4 is 11.6 Å². The molecule has 2 N–H and O–H groups in total. The molecule has 2 heterocycles. The van der Waals surface area contributed by atoms with Gasteiger partial charge in [-0.25, -0.2) is 0 Å². The summed E-state index contributed by atoms with van der Waals surface area (Å²) in [6, 6.07) is -0.115. The lowest BCUT2D eigenvalue weighted by Gasteiger charge is -2.10. The molecule has 18 heavy (non-hydrogen) atoms. The molecule has 0 amide bonds. The molecular formula is C12H18ClN5. The average Bonchev–Trinajstić information content (AvgIpc) is 2.87. The van der Waals surface area contributed by atoms with Gasteiger partial charge in [-0.05, 0) is 6.42 Å². The summed E-state index contributed by atoms with van der Waals surface area (Å²) in [5, 5.41) is 9.25. The van der Waals surface area contributed by atoms with E-state index in [4.69, 9.17) is 17.3 Å².